The summed E-state index contributed by atoms with van der Waals surface area (Å²) in [5, 5.41) is 18.2. The Morgan fingerprint density at radius 2 is 1.11 bits per heavy atom. The Morgan fingerprint density at radius 3 is 1.49 bits per heavy atom. The van der Waals surface area contributed by atoms with Gasteiger partial charge in [0.1, 0.15) is 28.7 Å². The summed E-state index contributed by atoms with van der Waals surface area (Å²) in [6, 6.07) is 10.3. The number of benzene rings is 2. The zero-order valence-electron chi connectivity index (χ0n) is 39.9. The minimum absolute atomic E-state index is 0.0274. The van der Waals surface area contributed by atoms with Gasteiger partial charge in [0.15, 0.2) is 21.5 Å². The molecule has 2 atom stereocenters. The van der Waals surface area contributed by atoms with Gasteiger partial charge in [-0.3, -0.25) is 0 Å². The van der Waals surface area contributed by atoms with E-state index in [0.29, 0.717) is 61.1 Å². The summed E-state index contributed by atoms with van der Waals surface area (Å²) in [6.07, 6.45) is 10.1. The number of imidazole rings is 2. The molecule has 0 bridgehead atoms. The van der Waals surface area contributed by atoms with E-state index in [9.17, 15) is 17.2 Å². The Morgan fingerprint density at radius 1 is 0.671 bits per heavy atom. The van der Waals surface area contributed by atoms with E-state index >= 15 is 0 Å². The molecule has 0 unspecified atom stereocenters. The van der Waals surface area contributed by atoms with Crippen molar-refractivity contribution >= 4 is 66.2 Å². The second-order valence-corrected chi connectivity index (χ2v) is 22.9. The average molecular weight is 1040 g/mol. The van der Waals surface area contributed by atoms with Crippen LogP contribution < -0.4 is 19.3 Å². The van der Waals surface area contributed by atoms with Gasteiger partial charge in [-0.15, -0.1) is 22.0 Å². The van der Waals surface area contributed by atoms with Crippen molar-refractivity contribution < 1.29 is 35.7 Å². The molecular formula is C46H54F2N12O6S4. The van der Waals surface area contributed by atoms with Gasteiger partial charge in [0.05, 0.1) is 23.8 Å². The molecule has 2 fully saturated rings. The summed E-state index contributed by atoms with van der Waals surface area (Å²) in [6.45, 7) is 15.7. The second-order valence-electron chi connectivity index (χ2n) is 18.2. The number of ether oxygens (including phenoxy) is 2. The summed E-state index contributed by atoms with van der Waals surface area (Å²) in [7, 11) is -3.63. The Bertz CT molecular complexity index is 3120. The highest BCUT2D eigenvalue weighted by molar-refractivity contribution is 7.98. The number of piperidine rings is 2. The highest BCUT2D eigenvalue weighted by Gasteiger charge is 2.31. The van der Waals surface area contributed by atoms with Crippen molar-refractivity contribution in [3.8, 4) is 32.9 Å². The zero-order chi connectivity index (χ0) is 49.4. The molecule has 0 saturated carbocycles. The first-order valence-corrected chi connectivity index (χ1v) is 27.8. The number of hydrogen-bond donors (Lipinski definition) is 0. The number of halogens is 2. The maximum atomic E-state index is 14.3. The Hall–Kier alpha value is -5.72. The molecule has 2 aromatic carbocycles. The van der Waals surface area contributed by atoms with Crippen molar-refractivity contribution in [2.45, 2.75) is 101 Å². The number of hydrogen-bond acceptors (Lipinski definition) is 19. The van der Waals surface area contributed by atoms with Crippen LogP contribution in [0.15, 0.2) is 67.6 Å². The minimum atomic E-state index is -3.63. The molecule has 6 aromatic heterocycles. The van der Waals surface area contributed by atoms with Crippen LogP contribution >= 0.6 is 34.4 Å². The molecule has 372 valence electrons. The highest BCUT2D eigenvalue weighted by Crippen LogP contribution is 2.34. The van der Waals surface area contributed by atoms with Crippen LogP contribution in [0.25, 0.3) is 32.4 Å². The largest absolute Gasteiger partial charge is 0.466 e. The van der Waals surface area contributed by atoms with Crippen molar-refractivity contribution in [3.05, 3.63) is 72.1 Å². The molecule has 10 rings (SSSR count). The lowest BCUT2D eigenvalue weighted by molar-refractivity contribution is 0.130. The predicted octanol–water partition coefficient (Wildman–Crippen LogP) is 9.70. The Labute approximate surface area is 415 Å². The molecule has 70 heavy (non-hydrogen) atoms. The third-order valence-electron chi connectivity index (χ3n) is 12.5. The van der Waals surface area contributed by atoms with Crippen molar-refractivity contribution in [2.75, 3.05) is 48.5 Å². The van der Waals surface area contributed by atoms with Gasteiger partial charge < -0.3 is 28.3 Å². The van der Waals surface area contributed by atoms with E-state index in [1.165, 1.54) is 58.7 Å². The van der Waals surface area contributed by atoms with E-state index in [4.69, 9.17) is 18.5 Å². The first-order chi connectivity index (χ1) is 33.5. The number of fused-ring (bicyclic) bond motifs is 2. The summed E-state index contributed by atoms with van der Waals surface area (Å²) in [4.78, 5) is 24.0. The molecule has 2 aliphatic rings. The van der Waals surface area contributed by atoms with E-state index < -0.39 is 15.7 Å². The fourth-order valence-corrected chi connectivity index (χ4v) is 11.2. The number of sulfone groups is 1. The lowest BCUT2D eigenvalue weighted by Crippen LogP contribution is -2.38. The second kappa shape index (κ2) is 20.6. The van der Waals surface area contributed by atoms with Crippen LogP contribution in [-0.2, 0) is 9.84 Å². The smallest absolute Gasteiger partial charge is 0.324 e. The minimum Gasteiger partial charge on any atom is -0.466 e. The van der Waals surface area contributed by atoms with Crippen molar-refractivity contribution in [3.63, 3.8) is 0 Å². The lowest BCUT2D eigenvalue weighted by Gasteiger charge is -2.33. The van der Waals surface area contributed by atoms with Gasteiger partial charge in [-0.05, 0) is 105 Å². The van der Waals surface area contributed by atoms with Gasteiger partial charge in [-0.1, -0.05) is 50.1 Å². The standard InChI is InChI=1S/C23H27FN6O4S2.C23H27FN6O2S2/c1-13(2)20-26-21(34-28-20)29-9-7-15(8-10-29)14(3)33-23-27-30-12-18(25-22(30)35-23)16-5-6-19(17(24)11-16)36(4,31)32;1-13(2)20-26-21(32-28-20)29-9-7-15(8-10-29)14(3)31-23-27-30-12-18(25-22(30)34-23)16-5-6-19(33-4)17(24)11-16/h5-6,11-15H,7-10H2,1-4H3;5-6,11-15H,7-10H2,1-4H3/t2*14-/m11/s1. The fourth-order valence-electron chi connectivity index (χ4n) is 8.33. The van der Waals surface area contributed by atoms with Crippen LogP contribution in [0, 0.1) is 23.5 Å². The number of nitrogens with zero attached hydrogens (tertiary/aromatic N) is 12. The molecule has 2 aliphatic heterocycles. The maximum absolute atomic E-state index is 14.3. The molecular weight excluding hydrogens is 983 g/mol. The molecule has 18 nitrogen and oxygen atoms in total. The van der Waals surface area contributed by atoms with Gasteiger partial charge >= 0.3 is 12.0 Å². The van der Waals surface area contributed by atoms with E-state index in [1.54, 1.807) is 21.3 Å². The third kappa shape index (κ3) is 10.9. The van der Waals surface area contributed by atoms with E-state index in [0.717, 1.165) is 80.3 Å². The summed E-state index contributed by atoms with van der Waals surface area (Å²) in [5.74, 6) is 1.67. The Balaban J connectivity index is 0.000000174. The van der Waals surface area contributed by atoms with Crippen molar-refractivity contribution in [1.82, 2.24) is 49.5 Å². The molecule has 0 spiro atoms. The Kier molecular flexibility index (Phi) is 14.5. The fraction of sp³-hybridized carbons (Fsp3) is 0.478. The van der Waals surface area contributed by atoms with Gasteiger partial charge in [-0.2, -0.15) is 9.97 Å². The number of anilines is 2. The van der Waals surface area contributed by atoms with E-state index in [1.807, 2.05) is 39.3 Å². The van der Waals surface area contributed by atoms with Gasteiger partial charge in [0.25, 0.3) is 10.4 Å². The summed E-state index contributed by atoms with van der Waals surface area (Å²) in [5.41, 5.74) is 2.40. The van der Waals surface area contributed by atoms with Crippen LogP contribution in [0.3, 0.4) is 0 Å². The van der Waals surface area contributed by atoms with Crippen molar-refractivity contribution in [1.29, 1.82) is 0 Å². The maximum Gasteiger partial charge on any atom is 0.324 e. The predicted molar refractivity (Wildman–Crippen MR) is 264 cm³/mol. The quantitative estimate of drug-likeness (QED) is 0.0932. The van der Waals surface area contributed by atoms with Gasteiger partial charge in [0.2, 0.25) is 9.92 Å². The average Bonchev–Trinajstić information content (AvgIpc) is 4.20. The molecule has 0 radical (unpaired) electrons. The molecule has 8 heterocycles. The van der Waals surface area contributed by atoms with Crippen LogP contribution in [0.4, 0.5) is 20.8 Å². The van der Waals surface area contributed by atoms with Crippen molar-refractivity contribution in [2.24, 2.45) is 11.8 Å². The summed E-state index contributed by atoms with van der Waals surface area (Å²) >= 11 is 4.09. The zero-order valence-corrected chi connectivity index (χ0v) is 43.2. The number of rotatable bonds is 14. The normalized spacial score (nSPS) is 16.1. The monoisotopic (exact) mass is 1040 g/mol. The summed E-state index contributed by atoms with van der Waals surface area (Å²) < 4.78 is 78.2. The van der Waals surface area contributed by atoms with Crippen LogP contribution in [0.5, 0.6) is 10.4 Å². The highest BCUT2D eigenvalue weighted by atomic mass is 32.2. The number of thioether (sulfide) groups is 1. The molecule has 0 amide bonds. The topological polar surface area (TPSA) is 197 Å². The van der Waals surface area contributed by atoms with Crippen LogP contribution in [0.1, 0.15) is 90.7 Å². The van der Waals surface area contributed by atoms with Crippen LogP contribution in [0.2, 0.25) is 0 Å². The van der Waals surface area contributed by atoms with Gasteiger partial charge in [0, 0.05) is 60.3 Å². The first kappa shape index (κ1) is 49.3. The molecule has 0 N–H and O–H groups in total. The SMILES string of the molecule is CC(C)c1noc(N2CCC([C@@H](C)Oc3nn4cc(-c5ccc(S(C)(=O)=O)c(F)c5)nc4s3)CC2)n1.CSc1ccc(-c2cn3nc(O[C@H](C)C4CCN(c5nc(C(C)C)no5)CC4)sc3n2)cc1F. The van der Waals surface area contributed by atoms with E-state index in [-0.39, 0.29) is 34.8 Å². The first-order valence-electron chi connectivity index (χ1n) is 23.1. The lowest BCUT2D eigenvalue weighted by atomic mass is 9.92. The van der Waals surface area contributed by atoms with Crippen LogP contribution in [-0.4, -0.2) is 109 Å². The molecule has 24 heteroatoms. The molecule has 0 aliphatic carbocycles. The van der Waals surface area contributed by atoms with Gasteiger partial charge in [-0.25, -0.2) is 36.2 Å². The molecule has 2 saturated heterocycles. The molecule has 8 aromatic rings. The third-order valence-corrected chi connectivity index (χ3v) is 16.1. The van der Waals surface area contributed by atoms with E-state index in [2.05, 4.69) is 71.0 Å². The number of aromatic nitrogens is 10.